The first-order valence-corrected chi connectivity index (χ1v) is 12.6. The molecule has 0 bridgehead atoms. The van der Waals surface area contributed by atoms with Crippen LogP contribution in [0.2, 0.25) is 5.02 Å². The number of nitrogens with one attached hydrogen (secondary N) is 1. The molecule has 0 saturated carbocycles. The summed E-state index contributed by atoms with van der Waals surface area (Å²) in [5, 5.41) is 13.7. The lowest BCUT2D eigenvalue weighted by molar-refractivity contribution is -0.118. The summed E-state index contributed by atoms with van der Waals surface area (Å²) in [7, 11) is 1.85. The van der Waals surface area contributed by atoms with Crippen LogP contribution in [0.4, 0.5) is 0 Å². The number of nitrogens with two attached hydrogens (primary N) is 1. The molecule has 0 aliphatic carbocycles. The van der Waals surface area contributed by atoms with Gasteiger partial charge in [0.15, 0.2) is 0 Å². The highest BCUT2D eigenvalue weighted by atomic mass is 35.5. The Labute approximate surface area is 222 Å². The van der Waals surface area contributed by atoms with Gasteiger partial charge >= 0.3 is 0 Å². The average Bonchev–Trinajstić information content (AvgIpc) is 3.21. The molecule has 0 fully saturated rings. The minimum atomic E-state index is -1.05. The second-order valence-electron chi connectivity index (χ2n) is 10.0. The number of hydrogen-bond donors (Lipinski definition) is 3. The van der Waals surface area contributed by atoms with Crippen LogP contribution in [0, 0.1) is 0 Å². The fourth-order valence-corrected chi connectivity index (χ4v) is 4.30. The summed E-state index contributed by atoms with van der Waals surface area (Å²) in [5.41, 5.74) is 7.37. The van der Waals surface area contributed by atoms with Gasteiger partial charge in [0, 0.05) is 36.8 Å². The summed E-state index contributed by atoms with van der Waals surface area (Å²) in [6, 6.07) is 12.4. The van der Waals surface area contributed by atoms with E-state index in [0.717, 1.165) is 16.8 Å². The normalized spacial score (nSPS) is 12.4. The first-order valence-electron chi connectivity index (χ1n) is 12.2. The van der Waals surface area contributed by atoms with Gasteiger partial charge in [0.05, 0.1) is 16.8 Å². The van der Waals surface area contributed by atoms with Crippen LogP contribution in [-0.4, -0.2) is 38.6 Å². The van der Waals surface area contributed by atoms with Gasteiger partial charge in [-0.1, -0.05) is 35.9 Å². The molecule has 1 heterocycles. The molecule has 0 radical (unpaired) electrons. The molecule has 8 nitrogen and oxygen atoms in total. The van der Waals surface area contributed by atoms with Gasteiger partial charge in [-0.05, 0) is 64.3 Å². The van der Waals surface area contributed by atoms with E-state index in [9.17, 15) is 14.7 Å². The topological polar surface area (TPSA) is 119 Å². The van der Waals surface area contributed by atoms with Gasteiger partial charge in [-0.3, -0.25) is 9.59 Å². The zero-order chi connectivity index (χ0) is 27.3. The maximum Gasteiger partial charge on any atom is 0.251 e. The van der Waals surface area contributed by atoms with E-state index in [1.165, 1.54) is 0 Å². The Morgan fingerprint density at radius 1 is 1.19 bits per heavy atom. The smallest absolute Gasteiger partial charge is 0.251 e. The number of amides is 2. The molecule has 4 N–H and O–H groups in total. The van der Waals surface area contributed by atoms with E-state index in [4.69, 9.17) is 22.1 Å². The van der Waals surface area contributed by atoms with Crippen molar-refractivity contribution in [2.45, 2.75) is 64.7 Å². The maximum absolute atomic E-state index is 13.0. The van der Waals surface area contributed by atoms with E-state index in [1.807, 2.05) is 55.9 Å². The number of carbonyl (C=O) groups excluding carboxylic acids is 2. The third kappa shape index (κ3) is 7.81. The van der Waals surface area contributed by atoms with Crippen molar-refractivity contribution in [2.24, 2.45) is 12.8 Å². The number of carbonyl (C=O) groups is 2. The van der Waals surface area contributed by atoms with Crippen LogP contribution in [0.5, 0.6) is 5.75 Å². The average molecular weight is 527 g/mol. The van der Waals surface area contributed by atoms with Crippen molar-refractivity contribution in [3.8, 4) is 17.0 Å². The zero-order valence-electron chi connectivity index (χ0n) is 21.9. The third-order valence-electron chi connectivity index (χ3n) is 5.79. The number of hydrogen-bond acceptors (Lipinski definition) is 5. The zero-order valence-corrected chi connectivity index (χ0v) is 22.7. The van der Waals surface area contributed by atoms with Crippen molar-refractivity contribution in [2.75, 3.05) is 0 Å². The molecule has 0 saturated heterocycles. The number of aliphatic hydroxyl groups is 1. The van der Waals surface area contributed by atoms with Crippen molar-refractivity contribution in [3.05, 3.63) is 70.6 Å². The number of imidazole rings is 1. The summed E-state index contributed by atoms with van der Waals surface area (Å²) in [6.07, 6.45) is 2.90. The number of benzene rings is 2. The molecular weight excluding hydrogens is 492 g/mol. The Bertz CT molecular complexity index is 1250. The Kier molecular flexibility index (Phi) is 8.99. The van der Waals surface area contributed by atoms with Crippen molar-refractivity contribution < 1.29 is 19.4 Å². The Hall–Kier alpha value is -3.36. The molecule has 1 aromatic heterocycles. The standard InChI is InChI=1S/C28H35ClN4O4/c1-17(2)37-24-12-10-20(15-22(24)29)26(35)31-21(11-13-25(30)34)14-18-6-8-19(9-7-18)23-16-33(5)27(32-23)28(3,4)36/h6-10,12,15-17,21,36H,11,13-14H2,1-5H3,(H2,30,34)(H,31,35). The van der Waals surface area contributed by atoms with Gasteiger partial charge in [0.25, 0.3) is 5.91 Å². The molecule has 198 valence electrons. The minimum absolute atomic E-state index is 0.0389. The van der Waals surface area contributed by atoms with E-state index in [0.29, 0.717) is 35.0 Å². The van der Waals surface area contributed by atoms with Gasteiger partial charge in [0.2, 0.25) is 5.91 Å². The quantitative estimate of drug-likeness (QED) is 0.343. The predicted octanol–water partition coefficient (Wildman–Crippen LogP) is 4.36. The lowest BCUT2D eigenvalue weighted by atomic mass is 9.99. The molecule has 3 aromatic rings. The van der Waals surface area contributed by atoms with Gasteiger partial charge in [-0.25, -0.2) is 4.98 Å². The molecule has 3 rings (SSSR count). The van der Waals surface area contributed by atoms with E-state index in [-0.39, 0.29) is 24.5 Å². The molecule has 9 heteroatoms. The summed E-state index contributed by atoms with van der Waals surface area (Å²) in [6.45, 7) is 7.20. The molecule has 1 atom stereocenters. The number of primary amides is 1. The third-order valence-corrected chi connectivity index (χ3v) is 6.08. The van der Waals surface area contributed by atoms with Gasteiger partial charge in [0.1, 0.15) is 17.2 Å². The molecule has 37 heavy (non-hydrogen) atoms. The summed E-state index contributed by atoms with van der Waals surface area (Å²) in [5.74, 6) is 0.369. The first kappa shape index (κ1) is 28.2. The molecule has 2 aromatic carbocycles. The van der Waals surface area contributed by atoms with Crippen LogP contribution in [0.1, 0.15) is 62.3 Å². The SMILES string of the molecule is CC(C)Oc1ccc(C(=O)NC(CCC(N)=O)Cc2ccc(-c3cn(C)c(C(C)(C)O)n3)cc2)cc1Cl. The molecule has 0 spiro atoms. The lowest BCUT2D eigenvalue weighted by Crippen LogP contribution is -2.37. The Balaban J connectivity index is 1.74. The van der Waals surface area contributed by atoms with Crippen molar-refractivity contribution in [3.63, 3.8) is 0 Å². The Morgan fingerprint density at radius 2 is 1.86 bits per heavy atom. The van der Waals surface area contributed by atoms with Crippen LogP contribution >= 0.6 is 11.6 Å². The second-order valence-corrected chi connectivity index (χ2v) is 10.4. The van der Waals surface area contributed by atoms with Crippen molar-refractivity contribution in [1.29, 1.82) is 0 Å². The molecule has 0 aliphatic heterocycles. The van der Waals surface area contributed by atoms with Gasteiger partial charge in [-0.2, -0.15) is 0 Å². The minimum Gasteiger partial charge on any atom is -0.489 e. The monoisotopic (exact) mass is 526 g/mol. The van der Waals surface area contributed by atoms with Crippen LogP contribution in [-0.2, 0) is 23.9 Å². The summed E-state index contributed by atoms with van der Waals surface area (Å²) < 4.78 is 7.45. The van der Waals surface area contributed by atoms with Crippen molar-refractivity contribution in [1.82, 2.24) is 14.9 Å². The second kappa shape index (κ2) is 11.8. The fraction of sp³-hybridized carbons (Fsp3) is 0.393. The highest BCUT2D eigenvalue weighted by Gasteiger charge is 2.23. The molecule has 2 amide bonds. The lowest BCUT2D eigenvalue weighted by Gasteiger charge is -2.19. The van der Waals surface area contributed by atoms with Gasteiger partial charge in [-0.15, -0.1) is 0 Å². The molecule has 1 unspecified atom stereocenters. The number of aromatic nitrogens is 2. The number of nitrogens with zero attached hydrogens (tertiary/aromatic N) is 2. The number of aryl methyl sites for hydroxylation is 1. The highest BCUT2D eigenvalue weighted by molar-refractivity contribution is 6.32. The maximum atomic E-state index is 13.0. The molecule has 0 aliphatic rings. The Morgan fingerprint density at radius 3 is 2.41 bits per heavy atom. The van der Waals surface area contributed by atoms with Crippen LogP contribution in [0.3, 0.4) is 0 Å². The van der Waals surface area contributed by atoms with Gasteiger partial charge < -0.3 is 25.5 Å². The van der Waals surface area contributed by atoms with E-state index < -0.39 is 11.5 Å². The van der Waals surface area contributed by atoms with E-state index in [2.05, 4.69) is 10.3 Å². The van der Waals surface area contributed by atoms with Crippen molar-refractivity contribution >= 4 is 23.4 Å². The largest absolute Gasteiger partial charge is 0.489 e. The number of halogens is 1. The van der Waals surface area contributed by atoms with Crippen LogP contribution in [0.25, 0.3) is 11.3 Å². The number of ether oxygens (including phenoxy) is 1. The summed E-state index contributed by atoms with van der Waals surface area (Å²) in [4.78, 5) is 29.0. The molecular formula is C28H35ClN4O4. The van der Waals surface area contributed by atoms with E-state index in [1.54, 1.807) is 32.0 Å². The predicted molar refractivity (Wildman–Crippen MR) is 144 cm³/mol. The van der Waals surface area contributed by atoms with Crippen LogP contribution in [0.15, 0.2) is 48.7 Å². The van der Waals surface area contributed by atoms with E-state index >= 15 is 0 Å². The fourth-order valence-electron chi connectivity index (χ4n) is 4.07. The number of rotatable bonds is 11. The highest BCUT2D eigenvalue weighted by Crippen LogP contribution is 2.27. The van der Waals surface area contributed by atoms with Crippen LogP contribution < -0.4 is 15.8 Å². The first-order chi connectivity index (χ1) is 17.3. The summed E-state index contributed by atoms with van der Waals surface area (Å²) >= 11 is 6.30.